The standard InChI is InChI=1S/C25H19ClN2O5S/c1-31-17-10-12-18(13-11-17)32-15-22(29)28-27-14-16-6-8-19(9-7-16)33-25(30)24-23(26)20-4-2-3-5-21(20)34-24/h2-14H,15H2,1H3,(H,28,29)/b27-14-. The number of amides is 1. The van der Waals surface area contributed by atoms with Crippen LogP contribution in [0.2, 0.25) is 5.02 Å². The molecule has 7 nitrogen and oxygen atoms in total. The molecular formula is C25H19ClN2O5S. The summed E-state index contributed by atoms with van der Waals surface area (Å²) in [6, 6.07) is 21.1. The zero-order chi connectivity index (χ0) is 23.9. The highest BCUT2D eigenvalue weighted by atomic mass is 35.5. The van der Waals surface area contributed by atoms with Crippen molar-refractivity contribution in [2.75, 3.05) is 13.7 Å². The molecule has 0 fully saturated rings. The van der Waals surface area contributed by atoms with Crippen molar-refractivity contribution in [2.45, 2.75) is 0 Å². The lowest BCUT2D eigenvalue weighted by atomic mass is 10.2. The summed E-state index contributed by atoms with van der Waals surface area (Å²) in [5, 5.41) is 5.12. The van der Waals surface area contributed by atoms with Crippen molar-refractivity contribution in [2.24, 2.45) is 5.10 Å². The van der Waals surface area contributed by atoms with Crippen molar-refractivity contribution in [1.29, 1.82) is 0 Å². The van der Waals surface area contributed by atoms with Crippen molar-refractivity contribution in [3.8, 4) is 17.2 Å². The van der Waals surface area contributed by atoms with Crippen LogP contribution in [0.25, 0.3) is 10.1 Å². The minimum absolute atomic E-state index is 0.182. The van der Waals surface area contributed by atoms with Crippen LogP contribution in [-0.2, 0) is 4.79 Å². The number of hydrazone groups is 1. The number of hydrogen-bond acceptors (Lipinski definition) is 7. The number of esters is 1. The molecule has 0 radical (unpaired) electrons. The van der Waals surface area contributed by atoms with E-state index in [1.54, 1.807) is 55.6 Å². The Morgan fingerprint density at radius 3 is 2.35 bits per heavy atom. The fourth-order valence-corrected chi connectivity index (χ4v) is 4.34. The third-order valence-corrected chi connectivity index (χ3v) is 6.30. The maximum absolute atomic E-state index is 12.5. The van der Waals surface area contributed by atoms with Gasteiger partial charge in [0.25, 0.3) is 5.91 Å². The molecule has 0 atom stereocenters. The topological polar surface area (TPSA) is 86.2 Å². The van der Waals surface area contributed by atoms with E-state index >= 15 is 0 Å². The summed E-state index contributed by atoms with van der Waals surface area (Å²) in [6.07, 6.45) is 1.47. The molecule has 0 saturated carbocycles. The summed E-state index contributed by atoms with van der Waals surface area (Å²) in [6.45, 7) is -0.182. The van der Waals surface area contributed by atoms with Crippen LogP contribution in [-0.4, -0.2) is 31.8 Å². The molecule has 172 valence electrons. The number of nitrogens with one attached hydrogen (secondary N) is 1. The smallest absolute Gasteiger partial charge is 0.355 e. The zero-order valence-corrected chi connectivity index (χ0v) is 19.6. The lowest BCUT2D eigenvalue weighted by Crippen LogP contribution is -2.24. The van der Waals surface area contributed by atoms with Crippen LogP contribution in [0.15, 0.2) is 77.9 Å². The van der Waals surface area contributed by atoms with Crippen molar-refractivity contribution < 1.29 is 23.8 Å². The molecular weight excluding hydrogens is 476 g/mol. The first-order valence-corrected chi connectivity index (χ1v) is 11.3. The van der Waals surface area contributed by atoms with Gasteiger partial charge in [-0.25, -0.2) is 10.2 Å². The van der Waals surface area contributed by atoms with Crippen LogP contribution < -0.4 is 19.6 Å². The van der Waals surface area contributed by atoms with Crippen molar-refractivity contribution in [3.05, 3.63) is 88.3 Å². The molecule has 3 aromatic carbocycles. The second-order valence-electron chi connectivity index (χ2n) is 6.96. The van der Waals surface area contributed by atoms with Crippen molar-refractivity contribution in [1.82, 2.24) is 5.43 Å². The molecule has 34 heavy (non-hydrogen) atoms. The van der Waals surface area contributed by atoms with Gasteiger partial charge >= 0.3 is 5.97 Å². The number of ether oxygens (including phenoxy) is 3. The molecule has 0 aliphatic rings. The van der Waals surface area contributed by atoms with Crippen molar-refractivity contribution >= 4 is 51.1 Å². The molecule has 0 saturated heterocycles. The van der Waals surface area contributed by atoms with E-state index in [1.807, 2.05) is 24.3 Å². The summed E-state index contributed by atoms with van der Waals surface area (Å²) >= 11 is 7.63. The van der Waals surface area contributed by atoms with Gasteiger partial charge in [0.05, 0.1) is 18.3 Å². The van der Waals surface area contributed by atoms with Crippen LogP contribution in [0.3, 0.4) is 0 Å². The van der Waals surface area contributed by atoms with Gasteiger partial charge in [0, 0.05) is 10.1 Å². The largest absolute Gasteiger partial charge is 0.497 e. The van der Waals surface area contributed by atoms with Crippen LogP contribution in [0, 0.1) is 0 Å². The number of nitrogens with zero attached hydrogens (tertiary/aromatic N) is 1. The third-order valence-electron chi connectivity index (χ3n) is 4.64. The molecule has 1 amide bonds. The Labute approximate surface area is 204 Å². The quantitative estimate of drug-likeness (QED) is 0.155. The summed E-state index contributed by atoms with van der Waals surface area (Å²) in [5.74, 6) is 0.690. The second-order valence-corrected chi connectivity index (χ2v) is 8.39. The highest BCUT2D eigenvalue weighted by Gasteiger charge is 2.18. The summed E-state index contributed by atoms with van der Waals surface area (Å²) < 4.78 is 16.8. The van der Waals surface area contributed by atoms with E-state index in [9.17, 15) is 9.59 Å². The number of halogens is 1. The molecule has 0 spiro atoms. The summed E-state index contributed by atoms with van der Waals surface area (Å²) in [4.78, 5) is 24.8. The number of carbonyl (C=O) groups is 2. The Kier molecular flexibility index (Phi) is 7.41. The number of hydrogen-bond donors (Lipinski definition) is 1. The van der Waals surface area contributed by atoms with Gasteiger partial charge in [-0.3, -0.25) is 4.79 Å². The fraction of sp³-hybridized carbons (Fsp3) is 0.0800. The molecule has 9 heteroatoms. The average Bonchev–Trinajstić information content (AvgIpc) is 3.21. The van der Waals surface area contributed by atoms with E-state index in [1.165, 1.54) is 17.6 Å². The number of benzene rings is 3. The van der Waals surface area contributed by atoms with E-state index in [0.29, 0.717) is 32.7 Å². The number of thiophene rings is 1. The van der Waals surface area contributed by atoms with E-state index < -0.39 is 11.9 Å². The minimum Gasteiger partial charge on any atom is -0.497 e. The Bertz CT molecular complexity index is 1330. The molecule has 0 aliphatic heterocycles. The number of carbonyl (C=O) groups excluding carboxylic acids is 2. The predicted molar refractivity (Wildman–Crippen MR) is 132 cm³/mol. The molecule has 0 bridgehead atoms. The maximum Gasteiger partial charge on any atom is 0.355 e. The minimum atomic E-state index is -0.517. The van der Waals surface area contributed by atoms with Crippen molar-refractivity contribution in [3.63, 3.8) is 0 Å². The lowest BCUT2D eigenvalue weighted by molar-refractivity contribution is -0.123. The van der Waals surface area contributed by atoms with Crippen LogP contribution in [0.4, 0.5) is 0 Å². The molecule has 1 heterocycles. The number of methoxy groups -OCH3 is 1. The Morgan fingerprint density at radius 2 is 1.65 bits per heavy atom. The van der Waals surface area contributed by atoms with E-state index in [4.69, 9.17) is 25.8 Å². The molecule has 1 N–H and O–H groups in total. The van der Waals surface area contributed by atoms with Gasteiger partial charge in [0.1, 0.15) is 22.1 Å². The first kappa shape index (κ1) is 23.3. The highest BCUT2D eigenvalue weighted by molar-refractivity contribution is 7.21. The van der Waals surface area contributed by atoms with Gasteiger partial charge < -0.3 is 14.2 Å². The van der Waals surface area contributed by atoms with E-state index in [-0.39, 0.29) is 6.61 Å². The summed E-state index contributed by atoms with van der Waals surface area (Å²) in [5.41, 5.74) is 3.10. The van der Waals surface area contributed by atoms with Crippen LogP contribution >= 0.6 is 22.9 Å². The zero-order valence-electron chi connectivity index (χ0n) is 18.0. The second kappa shape index (κ2) is 10.8. The fourth-order valence-electron chi connectivity index (χ4n) is 2.95. The monoisotopic (exact) mass is 494 g/mol. The van der Waals surface area contributed by atoms with Gasteiger partial charge in [-0.1, -0.05) is 29.8 Å². The summed E-state index contributed by atoms with van der Waals surface area (Å²) in [7, 11) is 1.57. The average molecular weight is 495 g/mol. The van der Waals surface area contributed by atoms with Gasteiger partial charge in [-0.05, 0) is 60.2 Å². The van der Waals surface area contributed by atoms with Crippen LogP contribution in [0.5, 0.6) is 17.2 Å². The Hall–Kier alpha value is -3.88. The number of fused-ring (bicyclic) bond motifs is 1. The SMILES string of the molecule is COc1ccc(OCC(=O)N/N=C\c2ccc(OC(=O)c3sc4ccccc4c3Cl)cc2)cc1. The normalized spacial score (nSPS) is 10.9. The van der Waals surface area contributed by atoms with Gasteiger partial charge in [0.2, 0.25) is 0 Å². The van der Waals surface area contributed by atoms with Crippen LogP contribution in [0.1, 0.15) is 15.2 Å². The molecule has 4 aromatic rings. The third kappa shape index (κ3) is 5.72. The molecule has 4 rings (SSSR count). The first-order valence-electron chi connectivity index (χ1n) is 10.1. The maximum atomic E-state index is 12.5. The predicted octanol–water partition coefficient (Wildman–Crippen LogP) is 5.31. The first-order chi connectivity index (χ1) is 16.5. The highest BCUT2D eigenvalue weighted by Crippen LogP contribution is 2.35. The van der Waals surface area contributed by atoms with E-state index in [2.05, 4.69) is 10.5 Å². The molecule has 0 unspecified atom stereocenters. The number of rotatable bonds is 8. The Morgan fingerprint density at radius 1 is 0.971 bits per heavy atom. The molecule has 1 aromatic heterocycles. The van der Waals surface area contributed by atoms with Gasteiger partial charge in [0.15, 0.2) is 6.61 Å². The van der Waals surface area contributed by atoms with E-state index in [0.717, 1.165) is 10.1 Å². The van der Waals surface area contributed by atoms with Gasteiger partial charge in [-0.2, -0.15) is 5.10 Å². The lowest BCUT2D eigenvalue weighted by Gasteiger charge is -2.06. The molecule has 0 aliphatic carbocycles. The Balaban J connectivity index is 1.27. The van der Waals surface area contributed by atoms with Gasteiger partial charge in [-0.15, -0.1) is 11.3 Å².